The lowest BCUT2D eigenvalue weighted by molar-refractivity contribution is -0.694. The molecule has 1 heterocycles. The third kappa shape index (κ3) is 4.60. The van der Waals surface area contributed by atoms with Gasteiger partial charge in [-0.3, -0.25) is 4.79 Å². The van der Waals surface area contributed by atoms with E-state index in [0.29, 0.717) is 17.9 Å². The van der Waals surface area contributed by atoms with Crippen molar-refractivity contribution in [2.24, 2.45) is 0 Å². The molecular weight excluding hydrogens is 336 g/mol. The number of carbonyl (C=O) groups excluding carboxylic acids is 1. The van der Waals surface area contributed by atoms with Gasteiger partial charge in [0.2, 0.25) is 12.2 Å². The van der Waals surface area contributed by atoms with Crippen molar-refractivity contribution in [2.75, 3.05) is 18.2 Å². The van der Waals surface area contributed by atoms with Gasteiger partial charge < -0.3 is 10.1 Å². The molecule has 0 aliphatic rings. The molecule has 128 valence electrons. The van der Waals surface area contributed by atoms with E-state index in [9.17, 15) is 4.79 Å². The van der Waals surface area contributed by atoms with E-state index in [-0.39, 0.29) is 5.91 Å². The number of para-hydroxylation sites is 1. The maximum Gasteiger partial charge on any atom is 0.385 e. The highest BCUT2D eigenvalue weighted by Gasteiger charge is 2.17. The third-order valence-electron chi connectivity index (χ3n) is 3.48. The Balaban J connectivity index is 1.53. The first-order chi connectivity index (χ1) is 12.3. The summed E-state index contributed by atoms with van der Waals surface area (Å²) in [6.45, 7) is 0. The molecule has 3 rings (SSSR count). The summed E-state index contributed by atoms with van der Waals surface area (Å²) in [6, 6.07) is 17.2. The third-order valence-corrected chi connectivity index (χ3v) is 4.44. The molecule has 0 spiro atoms. The van der Waals surface area contributed by atoms with Gasteiger partial charge in [0.15, 0.2) is 5.69 Å². The minimum absolute atomic E-state index is 0.0393. The largest absolute Gasteiger partial charge is 0.497 e. The average molecular weight is 355 g/mol. The van der Waals surface area contributed by atoms with Crippen molar-refractivity contribution in [3.63, 3.8) is 0 Å². The molecule has 0 fully saturated rings. The molecule has 0 saturated carbocycles. The van der Waals surface area contributed by atoms with E-state index >= 15 is 0 Å². The first-order valence-corrected chi connectivity index (χ1v) is 8.82. The fourth-order valence-electron chi connectivity index (χ4n) is 2.28. The van der Waals surface area contributed by atoms with Crippen LogP contribution in [0.15, 0.2) is 66.1 Å². The molecule has 0 saturated heterocycles. The summed E-state index contributed by atoms with van der Waals surface area (Å²) in [4.78, 5) is 16.4. The summed E-state index contributed by atoms with van der Waals surface area (Å²) in [6.07, 6.45) is 2.04. The number of nitrogens with zero attached hydrogens (tertiary/aromatic N) is 2. The standard InChI is InChI=1S/C18H18N4O2S/c1-24-16-9-5-6-14(12-16)21-17(23)10-11-25-18-19-13-20-22(18)15-7-3-2-4-8-15/h2-9,12-13H,10-11H2,1H3,(H,21,23)/p+1. The maximum atomic E-state index is 12.1. The van der Waals surface area contributed by atoms with Crippen molar-refractivity contribution in [1.82, 2.24) is 10.1 Å². The number of carbonyl (C=O) groups is 1. The molecule has 0 atom stereocenters. The van der Waals surface area contributed by atoms with E-state index in [0.717, 1.165) is 16.5 Å². The number of amides is 1. The van der Waals surface area contributed by atoms with Crippen molar-refractivity contribution >= 4 is 23.4 Å². The van der Waals surface area contributed by atoms with Crippen LogP contribution in [0, 0.1) is 0 Å². The molecule has 2 aromatic carbocycles. The second kappa shape index (κ2) is 8.34. The van der Waals surface area contributed by atoms with Gasteiger partial charge in [-0.15, -0.1) is 4.68 Å². The molecule has 1 aromatic heterocycles. The molecule has 6 nitrogen and oxygen atoms in total. The number of hydrogen-bond acceptors (Lipinski definition) is 4. The topological polar surface area (TPSA) is 70.9 Å². The molecule has 0 bridgehead atoms. The zero-order valence-electron chi connectivity index (χ0n) is 13.8. The summed E-state index contributed by atoms with van der Waals surface area (Å²) in [5.41, 5.74) is 1.73. The Bertz CT molecular complexity index is 836. The summed E-state index contributed by atoms with van der Waals surface area (Å²) in [5, 5.41) is 6.78. The first kappa shape index (κ1) is 17.0. The lowest BCUT2D eigenvalue weighted by Gasteiger charge is -2.06. The number of hydrogen-bond donors (Lipinski definition) is 2. The van der Waals surface area contributed by atoms with Gasteiger partial charge in [-0.25, -0.2) is 0 Å². The summed E-state index contributed by atoms with van der Waals surface area (Å²) in [5.74, 6) is 1.31. The van der Waals surface area contributed by atoms with E-state index in [4.69, 9.17) is 4.74 Å². The molecule has 0 aliphatic heterocycles. The highest BCUT2D eigenvalue weighted by molar-refractivity contribution is 7.99. The molecular formula is C18H19N4O2S+. The second-order valence-electron chi connectivity index (χ2n) is 5.22. The van der Waals surface area contributed by atoms with Gasteiger partial charge in [0, 0.05) is 23.9 Å². The number of aromatic nitrogens is 3. The fraction of sp³-hybridized carbons (Fsp3) is 0.167. The molecule has 0 aliphatic carbocycles. The van der Waals surface area contributed by atoms with E-state index in [2.05, 4.69) is 15.4 Å². The molecule has 25 heavy (non-hydrogen) atoms. The first-order valence-electron chi connectivity index (χ1n) is 7.84. The van der Waals surface area contributed by atoms with Gasteiger partial charge in [0.25, 0.3) is 0 Å². The molecule has 0 radical (unpaired) electrons. The zero-order chi connectivity index (χ0) is 17.5. The number of anilines is 1. The van der Waals surface area contributed by atoms with Gasteiger partial charge in [-0.05, 0) is 41.0 Å². The summed E-state index contributed by atoms with van der Waals surface area (Å²) in [7, 11) is 1.60. The van der Waals surface area contributed by atoms with Crippen LogP contribution in [0.25, 0.3) is 5.69 Å². The molecule has 7 heteroatoms. The van der Waals surface area contributed by atoms with Crippen molar-refractivity contribution in [2.45, 2.75) is 11.6 Å². The maximum absolute atomic E-state index is 12.1. The van der Waals surface area contributed by atoms with Crippen LogP contribution in [0.4, 0.5) is 5.69 Å². The lowest BCUT2D eigenvalue weighted by Crippen LogP contribution is -2.34. The van der Waals surface area contributed by atoms with E-state index in [1.54, 1.807) is 19.5 Å². The smallest absolute Gasteiger partial charge is 0.385 e. The molecule has 0 unspecified atom stereocenters. The zero-order valence-corrected chi connectivity index (χ0v) is 14.6. The summed E-state index contributed by atoms with van der Waals surface area (Å²) >= 11 is 1.53. The monoisotopic (exact) mass is 355 g/mol. The van der Waals surface area contributed by atoms with Crippen LogP contribution in [0.5, 0.6) is 5.75 Å². The normalized spacial score (nSPS) is 10.4. The predicted octanol–water partition coefficient (Wildman–Crippen LogP) is 2.82. The second-order valence-corrected chi connectivity index (χ2v) is 6.28. The Morgan fingerprint density at radius 2 is 2.08 bits per heavy atom. The minimum Gasteiger partial charge on any atom is -0.497 e. The van der Waals surface area contributed by atoms with Crippen molar-refractivity contribution < 1.29 is 14.2 Å². The van der Waals surface area contributed by atoms with Crippen LogP contribution in [-0.2, 0) is 4.79 Å². The number of methoxy groups -OCH3 is 1. The van der Waals surface area contributed by atoms with Gasteiger partial charge in [0.1, 0.15) is 5.75 Å². The Hall–Kier alpha value is -2.80. The number of aromatic amines is 1. The molecule has 2 N–H and O–H groups in total. The van der Waals surface area contributed by atoms with E-state index in [1.807, 2.05) is 53.2 Å². The van der Waals surface area contributed by atoms with Crippen molar-refractivity contribution in [1.29, 1.82) is 0 Å². The van der Waals surface area contributed by atoms with Crippen molar-refractivity contribution in [3.05, 3.63) is 60.9 Å². The number of rotatable bonds is 7. The van der Waals surface area contributed by atoms with Crippen LogP contribution in [0.3, 0.4) is 0 Å². The van der Waals surface area contributed by atoms with E-state index in [1.165, 1.54) is 11.8 Å². The van der Waals surface area contributed by atoms with E-state index < -0.39 is 0 Å². The summed E-state index contributed by atoms with van der Waals surface area (Å²) < 4.78 is 7.05. The number of nitrogens with one attached hydrogen (secondary N) is 2. The lowest BCUT2D eigenvalue weighted by atomic mass is 10.3. The quantitative estimate of drug-likeness (QED) is 0.505. The number of H-pyrrole nitrogens is 1. The van der Waals surface area contributed by atoms with Crippen LogP contribution in [-0.4, -0.2) is 28.9 Å². The highest BCUT2D eigenvalue weighted by Crippen LogP contribution is 2.18. The predicted molar refractivity (Wildman–Crippen MR) is 97.1 cm³/mol. The highest BCUT2D eigenvalue weighted by atomic mass is 32.2. The molecule has 1 amide bonds. The molecule has 3 aromatic rings. The fourth-order valence-corrected chi connectivity index (χ4v) is 3.16. The van der Waals surface area contributed by atoms with Crippen LogP contribution in [0.2, 0.25) is 0 Å². The average Bonchev–Trinajstić information content (AvgIpc) is 3.11. The van der Waals surface area contributed by atoms with Gasteiger partial charge in [-0.1, -0.05) is 24.3 Å². The SMILES string of the molecule is COc1cccc(NC(=O)CCSc2nc[nH][n+]2-c2ccccc2)c1. The number of thioether (sulfide) groups is 1. The van der Waals surface area contributed by atoms with Crippen molar-refractivity contribution in [3.8, 4) is 11.4 Å². The van der Waals surface area contributed by atoms with Crippen LogP contribution in [0.1, 0.15) is 6.42 Å². The Labute approximate surface area is 150 Å². The minimum atomic E-state index is -0.0393. The van der Waals surface area contributed by atoms with Crippen LogP contribution < -0.4 is 14.7 Å². The van der Waals surface area contributed by atoms with Gasteiger partial charge in [0.05, 0.1) is 7.11 Å². The Morgan fingerprint density at radius 3 is 2.88 bits per heavy atom. The van der Waals surface area contributed by atoms with Crippen LogP contribution >= 0.6 is 11.8 Å². The number of benzene rings is 2. The number of ether oxygens (including phenoxy) is 1. The van der Waals surface area contributed by atoms with Gasteiger partial charge in [-0.2, -0.15) is 5.10 Å². The Morgan fingerprint density at radius 1 is 1.24 bits per heavy atom. The Kier molecular flexibility index (Phi) is 5.69. The van der Waals surface area contributed by atoms with Gasteiger partial charge >= 0.3 is 5.16 Å².